The topological polar surface area (TPSA) is 69.7 Å². The summed E-state index contributed by atoms with van der Waals surface area (Å²) in [5.41, 5.74) is 0.917. The highest BCUT2D eigenvalue weighted by molar-refractivity contribution is 7.89. The molecule has 0 aromatic heterocycles. The van der Waals surface area contributed by atoms with Crippen molar-refractivity contribution in [3.05, 3.63) is 59.1 Å². The second-order valence-electron chi connectivity index (χ2n) is 6.54. The van der Waals surface area contributed by atoms with E-state index in [1.165, 1.54) is 0 Å². The van der Waals surface area contributed by atoms with Crippen molar-refractivity contribution in [1.82, 2.24) is 9.62 Å². The van der Waals surface area contributed by atoms with Crippen molar-refractivity contribution >= 4 is 33.2 Å². The summed E-state index contributed by atoms with van der Waals surface area (Å²) in [5, 5.41) is 0.652. The van der Waals surface area contributed by atoms with E-state index in [-0.39, 0.29) is 18.9 Å². The highest BCUT2D eigenvalue weighted by atomic mass is 35.5. The lowest BCUT2D eigenvalue weighted by atomic mass is 10.2. The van der Waals surface area contributed by atoms with Crippen LogP contribution in [0, 0.1) is 11.6 Å². The van der Waals surface area contributed by atoms with Gasteiger partial charge in [-0.15, -0.1) is 0 Å². The van der Waals surface area contributed by atoms with E-state index in [1.807, 2.05) is 24.3 Å². The number of benzene rings is 2. The van der Waals surface area contributed by atoms with E-state index in [1.54, 1.807) is 4.90 Å². The second-order valence-corrected chi connectivity index (χ2v) is 8.72. The maximum Gasteiger partial charge on any atom is 0.240 e. The molecule has 1 heterocycles. The molecular formula is C19H20ClF2N3O3S. The molecule has 10 heteroatoms. The van der Waals surface area contributed by atoms with Crippen LogP contribution in [0.25, 0.3) is 0 Å². The van der Waals surface area contributed by atoms with Gasteiger partial charge in [-0.05, 0) is 30.3 Å². The Kier molecular flexibility index (Phi) is 6.71. The fourth-order valence-corrected chi connectivity index (χ4v) is 4.38. The first-order valence-corrected chi connectivity index (χ1v) is 10.9. The van der Waals surface area contributed by atoms with Crippen LogP contribution >= 0.6 is 11.6 Å². The average Bonchev–Trinajstić information content (AvgIpc) is 2.70. The Bertz CT molecular complexity index is 996. The van der Waals surface area contributed by atoms with Gasteiger partial charge in [0.1, 0.15) is 0 Å². The third-order valence-corrected chi connectivity index (χ3v) is 6.44. The number of carbonyl (C=O) groups excluding carboxylic acids is 1. The fraction of sp³-hybridized carbons (Fsp3) is 0.316. The van der Waals surface area contributed by atoms with Crippen molar-refractivity contribution in [2.24, 2.45) is 0 Å². The Morgan fingerprint density at radius 1 is 1.03 bits per heavy atom. The molecule has 1 aliphatic rings. The molecule has 6 nitrogen and oxygen atoms in total. The van der Waals surface area contributed by atoms with Crippen LogP contribution < -0.4 is 9.62 Å². The van der Waals surface area contributed by atoms with Crippen molar-refractivity contribution in [3.63, 3.8) is 0 Å². The number of para-hydroxylation sites is 1. The molecule has 0 atom stereocenters. The van der Waals surface area contributed by atoms with Crippen LogP contribution in [0.1, 0.15) is 6.42 Å². The minimum Gasteiger partial charge on any atom is -0.367 e. The van der Waals surface area contributed by atoms with E-state index >= 15 is 0 Å². The van der Waals surface area contributed by atoms with Gasteiger partial charge in [-0.3, -0.25) is 4.79 Å². The van der Waals surface area contributed by atoms with E-state index in [2.05, 4.69) is 9.62 Å². The van der Waals surface area contributed by atoms with E-state index in [0.29, 0.717) is 37.3 Å². The molecule has 1 fully saturated rings. The summed E-state index contributed by atoms with van der Waals surface area (Å²) < 4.78 is 52.7. The molecule has 29 heavy (non-hydrogen) atoms. The summed E-state index contributed by atoms with van der Waals surface area (Å²) >= 11 is 6.21. The van der Waals surface area contributed by atoms with Crippen LogP contribution in [-0.4, -0.2) is 51.9 Å². The van der Waals surface area contributed by atoms with Crippen LogP contribution in [0.5, 0.6) is 0 Å². The van der Waals surface area contributed by atoms with Gasteiger partial charge in [0.15, 0.2) is 11.6 Å². The minimum atomic E-state index is -4.03. The molecule has 0 aliphatic carbocycles. The van der Waals surface area contributed by atoms with Gasteiger partial charge in [-0.2, -0.15) is 0 Å². The molecule has 0 spiro atoms. The SMILES string of the molecule is O=C(CCNS(=O)(=O)c1ccc(F)c(F)c1)N1CCN(c2ccccc2Cl)CC1. The predicted molar refractivity (Wildman–Crippen MR) is 106 cm³/mol. The predicted octanol–water partition coefficient (Wildman–Crippen LogP) is 2.64. The number of nitrogens with one attached hydrogen (secondary N) is 1. The number of hydrogen-bond acceptors (Lipinski definition) is 4. The summed E-state index contributed by atoms with van der Waals surface area (Å²) in [7, 11) is -4.03. The molecule has 2 aromatic rings. The second kappa shape index (κ2) is 9.06. The van der Waals surface area contributed by atoms with Gasteiger partial charge in [0.25, 0.3) is 0 Å². The maximum absolute atomic E-state index is 13.2. The standard InChI is InChI=1S/C19H20ClF2N3O3S/c20-15-3-1-2-4-18(15)24-9-11-25(12-10-24)19(26)7-8-23-29(27,28)14-5-6-16(21)17(22)13-14/h1-6,13,23H,7-12H2. The number of rotatable bonds is 6. The Hall–Kier alpha value is -2.23. The zero-order chi connectivity index (χ0) is 21.0. The number of hydrogen-bond donors (Lipinski definition) is 1. The average molecular weight is 444 g/mol. The molecule has 156 valence electrons. The molecule has 0 bridgehead atoms. The summed E-state index contributed by atoms with van der Waals surface area (Å²) in [6.07, 6.45) is -0.0327. The maximum atomic E-state index is 13.2. The minimum absolute atomic E-state index is 0.0327. The first kappa shape index (κ1) is 21.5. The van der Waals surface area contributed by atoms with Crippen molar-refractivity contribution in [2.45, 2.75) is 11.3 Å². The van der Waals surface area contributed by atoms with Gasteiger partial charge in [-0.1, -0.05) is 23.7 Å². The number of amides is 1. The molecule has 1 aliphatic heterocycles. The third kappa shape index (κ3) is 5.23. The quantitative estimate of drug-likeness (QED) is 0.745. The first-order valence-electron chi connectivity index (χ1n) is 9.00. The smallest absolute Gasteiger partial charge is 0.240 e. The Balaban J connectivity index is 1.49. The van der Waals surface area contributed by atoms with Crippen molar-refractivity contribution in [1.29, 1.82) is 0 Å². The van der Waals surface area contributed by atoms with Gasteiger partial charge in [0.2, 0.25) is 15.9 Å². The molecule has 0 radical (unpaired) electrons. The summed E-state index contributed by atoms with van der Waals surface area (Å²) in [4.78, 5) is 15.7. The number of carbonyl (C=O) groups is 1. The van der Waals surface area contributed by atoms with E-state index in [0.717, 1.165) is 17.8 Å². The van der Waals surface area contributed by atoms with Crippen molar-refractivity contribution in [2.75, 3.05) is 37.6 Å². The van der Waals surface area contributed by atoms with Gasteiger partial charge in [0, 0.05) is 39.1 Å². The number of sulfonamides is 1. The van der Waals surface area contributed by atoms with E-state index in [4.69, 9.17) is 11.6 Å². The molecule has 1 amide bonds. The Morgan fingerprint density at radius 2 is 1.72 bits per heavy atom. The summed E-state index contributed by atoms with van der Waals surface area (Å²) in [5.74, 6) is -2.56. The number of nitrogens with zero attached hydrogens (tertiary/aromatic N) is 2. The molecule has 2 aromatic carbocycles. The van der Waals surface area contributed by atoms with Crippen LogP contribution in [0.4, 0.5) is 14.5 Å². The number of halogens is 3. The number of anilines is 1. The molecule has 3 rings (SSSR count). The lowest BCUT2D eigenvalue weighted by Crippen LogP contribution is -2.49. The first-order chi connectivity index (χ1) is 13.8. The molecule has 1 N–H and O–H groups in total. The largest absolute Gasteiger partial charge is 0.367 e. The van der Waals surface area contributed by atoms with E-state index < -0.39 is 26.6 Å². The monoisotopic (exact) mass is 443 g/mol. The van der Waals surface area contributed by atoms with Crippen LogP contribution in [0.15, 0.2) is 47.4 Å². The van der Waals surface area contributed by atoms with Crippen LogP contribution in [-0.2, 0) is 14.8 Å². The van der Waals surface area contributed by atoms with Crippen LogP contribution in [0.3, 0.4) is 0 Å². The van der Waals surface area contributed by atoms with E-state index in [9.17, 15) is 22.0 Å². The van der Waals surface area contributed by atoms with Gasteiger partial charge in [-0.25, -0.2) is 21.9 Å². The normalized spacial score (nSPS) is 14.9. The zero-order valence-electron chi connectivity index (χ0n) is 15.4. The Labute approximate surface area is 173 Å². The van der Waals surface area contributed by atoms with Crippen molar-refractivity contribution < 1.29 is 22.0 Å². The summed E-state index contributed by atoms with van der Waals surface area (Å²) in [6, 6.07) is 9.81. The summed E-state index contributed by atoms with van der Waals surface area (Å²) in [6.45, 7) is 2.11. The molecule has 0 unspecified atom stereocenters. The molecule has 0 saturated carbocycles. The lowest BCUT2D eigenvalue weighted by molar-refractivity contribution is -0.131. The Morgan fingerprint density at radius 3 is 2.38 bits per heavy atom. The fourth-order valence-electron chi connectivity index (χ4n) is 3.08. The third-order valence-electron chi connectivity index (χ3n) is 4.66. The van der Waals surface area contributed by atoms with Crippen LogP contribution in [0.2, 0.25) is 5.02 Å². The van der Waals surface area contributed by atoms with Gasteiger partial charge in [0.05, 0.1) is 15.6 Å². The highest BCUT2D eigenvalue weighted by Gasteiger charge is 2.23. The lowest BCUT2D eigenvalue weighted by Gasteiger charge is -2.36. The highest BCUT2D eigenvalue weighted by Crippen LogP contribution is 2.26. The van der Waals surface area contributed by atoms with Gasteiger partial charge >= 0.3 is 0 Å². The van der Waals surface area contributed by atoms with Crippen molar-refractivity contribution in [3.8, 4) is 0 Å². The molecule has 1 saturated heterocycles. The number of piperazine rings is 1. The molecular weight excluding hydrogens is 424 g/mol. The van der Waals surface area contributed by atoms with Gasteiger partial charge < -0.3 is 9.80 Å². The zero-order valence-corrected chi connectivity index (χ0v) is 17.0.